The summed E-state index contributed by atoms with van der Waals surface area (Å²) in [4.78, 5) is 15.8. The number of carbonyl (C=O) groups excluding carboxylic acids is 1. The third-order valence-corrected chi connectivity index (χ3v) is 8.07. The Labute approximate surface area is 135 Å². The lowest BCUT2D eigenvalue weighted by Crippen LogP contribution is -2.57. The highest BCUT2D eigenvalue weighted by Gasteiger charge is 2.56. The van der Waals surface area contributed by atoms with Gasteiger partial charge in [0.15, 0.2) is 0 Å². The molecule has 2 heteroatoms. The predicted molar refractivity (Wildman–Crippen MR) is 87.3 cm³/mol. The average Bonchev–Trinajstić information content (AvgIpc) is 2.52. The fraction of sp³-hybridized carbons (Fsp3) is 0.950. The third kappa shape index (κ3) is 2.08. The van der Waals surface area contributed by atoms with Crippen LogP contribution in [0.1, 0.15) is 70.6 Å². The van der Waals surface area contributed by atoms with Crippen LogP contribution in [0, 0.1) is 35.0 Å². The number of amides is 1. The Hall–Kier alpha value is -0.530. The summed E-state index contributed by atoms with van der Waals surface area (Å²) < 4.78 is 0. The Morgan fingerprint density at radius 2 is 1.41 bits per heavy atom. The van der Waals surface area contributed by atoms with Crippen LogP contribution in [0.5, 0.6) is 0 Å². The Bertz CT molecular complexity index is 435. The quantitative estimate of drug-likeness (QED) is 0.709. The minimum atomic E-state index is 0.0935. The van der Waals surface area contributed by atoms with Crippen molar-refractivity contribution in [2.24, 2.45) is 35.0 Å². The molecule has 0 radical (unpaired) electrons. The smallest absolute Gasteiger partial charge is 0.228 e. The molecule has 0 aromatic rings. The summed E-state index contributed by atoms with van der Waals surface area (Å²) in [5.41, 5.74) is 0.0935. The van der Waals surface area contributed by atoms with Crippen molar-refractivity contribution >= 4 is 5.91 Å². The summed E-state index contributed by atoms with van der Waals surface area (Å²) in [6, 6.07) is 0. The molecule has 6 aliphatic rings. The molecular formula is C20H31NO. The summed E-state index contributed by atoms with van der Waals surface area (Å²) in [6.45, 7) is 2.17. The second kappa shape index (κ2) is 4.98. The normalized spacial score (nSPS) is 50.0. The molecule has 1 heterocycles. The minimum absolute atomic E-state index is 0.0935. The molecule has 122 valence electrons. The Morgan fingerprint density at radius 1 is 0.818 bits per heavy atom. The van der Waals surface area contributed by atoms with Gasteiger partial charge in [-0.15, -0.1) is 0 Å². The standard InChI is InChI=1S/C20H31NO/c22-19(21-6-5-17-3-1-2-4-18(17)13-21)20-10-14-7-15(11-20)9-16(8-14)12-20/h14-18H,1-13H2/t14?,15?,16?,17-,18+,20?/m1/s1. The lowest BCUT2D eigenvalue weighted by molar-refractivity contribution is -0.160. The maximum Gasteiger partial charge on any atom is 0.228 e. The van der Waals surface area contributed by atoms with Crippen molar-refractivity contribution in [2.75, 3.05) is 13.1 Å². The molecule has 1 saturated heterocycles. The van der Waals surface area contributed by atoms with Crippen molar-refractivity contribution in [3.8, 4) is 0 Å². The number of likely N-dealkylation sites (tertiary alicyclic amines) is 1. The predicted octanol–water partition coefficient (Wildman–Crippen LogP) is 4.24. The fourth-order valence-corrected chi connectivity index (χ4v) is 7.49. The van der Waals surface area contributed by atoms with Crippen molar-refractivity contribution in [3.05, 3.63) is 0 Å². The van der Waals surface area contributed by atoms with E-state index in [1.807, 2.05) is 0 Å². The van der Waals surface area contributed by atoms with Crippen LogP contribution in [0.4, 0.5) is 0 Å². The first-order valence-corrected chi connectivity index (χ1v) is 10.0. The van der Waals surface area contributed by atoms with E-state index in [1.165, 1.54) is 70.6 Å². The molecule has 0 N–H and O–H groups in total. The highest BCUT2D eigenvalue weighted by atomic mass is 16.2. The molecule has 22 heavy (non-hydrogen) atoms. The van der Waals surface area contributed by atoms with E-state index in [1.54, 1.807) is 0 Å². The molecule has 2 atom stereocenters. The van der Waals surface area contributed by atoms with Gasteiger partial charge < -0.3 is 4.90 Å². The van der Waals surface area contributed by atoms with E-state index in [-0.39, 0.29) is 5.41 Å². The van der Waals surface area contributed by atoms with Crippen LogP contribution in [-0.4, -0.2) is 23.9 Å². The van der Waals surface area contributed by atoms with Crippen molar-refractivity contribution in [1.82, 2.24) is 4.90 Å². The zero-order valence-corrected chi connectivity index (χ0v) is 13.9. The topological polar surface area (TPSA) is 20.3 Å². The number of hydrogen-bond acceptors (Lipinski definition) is 1. The van der Waals surface area contributed by atoms with Gasteiger partial charge in [0.2, 0.25) is 5.91 Å². The van der Waals surface area contributed by atoms with E-state index in [9.17, 15) is 4.79 Å². The van der Waals surface area contributed by atoms with Crippen LogP contribution in [-0.2, 0) is 4.79 Å². The molecule has 2 nitrogen and oxygen atoms in total. The van der Waals surface area contributed by atoms with Gasteiger partial charge in [-0.1, -0.05) is 19.3 Å². The van der Waals surface area contributed by atoms with Crippen LogP contribution < -0.4 is 0 Å². The first kappa shape index (κ1) is 13.9. The minimum Gasteiger partial charge on any atom is -0.342 e. The van der Waals surface area contributed by atoms with E-state index in [2.05, 4.69) is 4.90 Å². The summed E-state index contributed by atoms with van der Waals surface area (Å²) in [5, 5.41) is 0. The monoisotopic (exact) mass is 301 g/mol. The zero-order valence-electron chi connectivity index (χ0n) is 13.9. The summed E-state index contributed by atoms with van der Waals surface area (Å²) >= 11 is 0. The molecule has 4 bridgehead atoms. The van der Waals surface area contributed by atoms with Gasteiger partial charge in [-0.25, -0.2) is 0 Å². The molecule has 0 spiro atoms. The molecule has 5 aliphatic carbocycles. The largest absolute Gasteiger partial charge is 0.342 e. The fourth-order valence-electron chi connectivity index (χ4n) is 7.49. The molecule has 6 rings (SSSR count). The second-order valence-electron chi connectivity index (χ2n) is 9.54. The summed E-state index contributed by atoms with van der Waals surface area (Å²) in [7, 11) is 0. The number of piperidine rings is 1. The van der Waals surface area contributed by atoms with Crippen molar-refractivity contribution in [1.29, 1.82) is 0 Å². The molecular weight excluding hydrogens is 270 g/mol. The van der Waals surface area contributed by atoms with Gasteiger partial charge in [0.25, 0.3) is 0 Å². The first-order valence-electron chi connectivity index (χ1n) is 10.0. The van der Waals surface area contributed by atoms with E-state index in [0.717, 1.165) is 42.7 Å². The van der Waals surface area contributed by atoms with E-state index in [4.69, 9.17) is 0 Å². The molecule has 1 amide bonds. The van der Waals surface area contributed by atoms with Crippen molar-refractivity contribution < 1.29 is 4.79 Å². The van der Waals surface area contributed by atoms with Gasteiger partial charge in [-0.2, -0.15) is 0 Å². The lowest BCUT2D eigenvalue weighted by Gasteiger charge is -2.57. The average molecular weight is 301 g/mol. The van der Waals surface area contributed by atoms with Gasteiger partial charge in [0.1, 0.15) is 0 Å². The van der Waals surface area contributed by atoms with Crippen molar-refractivity contribution in [3.63, 3.8) is 0 Å². The van der Waals surface area contributed by atoms with E-state index < -0.39 is 0 Å². The molecule has 0 unspecified atom stereocenters. The van der Waals surface area contributed by atoms with Gasteiger partial charge in [-0.05, 0) is 81.0 Å². The molecule has 1 aliphatic heterocycles. The molecule has 5 saturated carbocycles. The molecule has 0 aromatic carbocycles. The van der Waals surface area contributed by atoms with Crippen LogP contribution in [0.3, 0.4) is 0 Å². The van der Waals surface area contributed by atoms with Crippen molar-refractivity contribution in [2.45, 2.75) is 70.6 Å². The zero-order chi connectivity index (χ0) is 14.7. The highest BCUT2D eigenvalue weighted by molar-refractivity contribution is 5.83. The maximum absolute atomic E-state index is 13.5. The third-order valence-electron chi connectivity index (χ3n) is 8.07. The van der Waals surface area contributed by atoms with E-state index in [0.29, 0.717) is 5.91 Å². The van der Waals surface area contributed by atoms with Gasteiger partial charge in [0, 0.05) is 13.1 Å². The number of nitrogens with zero attached hydrogens (tertiary/aromatic N) is 1. The van der Waals surface area contributed by atoms with Crippen LogP contribution in [0.2, 0.25) is 0 Å². The van der Waals surface area contributed by atoms with Crippen LogP contribution in [0.15, 0.2) is 0 Å². The highest BCUT2D eigenvalue weighted by Crippen LogP contribution is 2.60. The second-order valence-corrected chi connectivity index (χ2v) is 9.54. The number of fused-ring (bicyclic) bond motifs is 1. The SMILES string of the molecule is O=C(N1CC[C@H]2CCCC[C@H]2C1)C12CC3CC(CC(C3)C1)C2. The summed E-state index contributed by atoms with van der Waals surface area (Å²) in [6.07, 6.45) is 15.0. The summed E-state index contributed by atoms with van der Waals surface area (Å²) in [5.74, 6) is 5.04. The van der Waals surface area contributed by atoms with Gasteiger partial charge >= 0.3 is 0 Å². The Balaban J connectivity index is 1.34. The Kier molecular flexibility index (Phi) is 3.14. The van der Waals surface area contributed by atoms with E-state index >= 15 is 0 Å². The number of rotatable bonds is 1. The first-order chi connectivity index (χ1) is 10.7. The van der Waals surface area contributed by atoms with Gasteiger partial charge in [0.05, 0.1) is 5.41 Å². The maximum atomic E-state index is 13.5. The molecule has 0 aromatic heterocycles. The number of hydrogen-bond donors (Lipinski definition) is 0. The lowest BCUT2D eigenvalue weighted by atomic mass is 9.49. The molecule has 6 fully saturated rings. The Morgan fingerprint density at radius 3 is 2.05 bits per heavy atom. The number of carbonyl (C=O) groups is 1. The van der Waals surface area contributed by atoms with Gasteiger partial charge in [-0.3, -0.25) is 4.79 Å². The van der Waals surface area contributed by atoms with Crippen LogP contribution in [0.25, 0.3) is 0 Å². The van der Waals surface area contributed by atoms with Crippen LogP contribution >= 0.6 is 0 Å².